The fraction of sp³-hybridized carbons (Fsp3) is 0.500. The minimum atomic E-state index is -3.14. The van der Waals surface area contributed by atoms with Crippen LogP contribution in [0.25, 0.3) is 0 Å². The van der Waals surface area contributed by atoms with E-state index in [0.29, 0.717) is 22.8 Å². The van der Waals surface area contributed by atoms with Crippen LogP contribution in [0.2, 0.25) is 10.0 Å². The molecule has 1 aromatic rings. The lowest BCUT2D eigenvalue weighted by molar-refractivity contribution is -0.116. The van der Waals surface area contributed by atoms with Crippen LogP contribution in [0.3, 0.4) is 0 Å². The van der Waals surface area contributed by atoms with E-state index in [1.54, 1.807) is 6.07 Å². The van der Waals surface area contributed by atoms with Crippen LogP contribution in [0.15, 0.2) is 30.4 Å². The Morgan fingerprint density at radius 2 is 2.04 bits per heavy atom. The summed E-state index contributed by atoms with van der Waals surface area (Å²) in [5.41, 5.74) is 1.03. The molecule has 0 bridgehead atoms. The first-order chi connectivity index (χ1) is 11.9. The van der Waals surface area contributed by atoms with E-state index < -0.39 is 7.72 Å². The second-order valence-corrected chi connectivity index (χ2v) is 9.84. The van der Waals surface area contributed by atoms with Crippen molar-refractivity contribution >= 4 is 36.7 Å². The van der Waals surface area contributed by atoms with Gasteiger partial charge in [0.15, 0.2) is 11.9 Å². The normalized spacial score (nSPS) is 17.7. The number of allylic oxidation sites excluding steroid dienone is 2. The molecule has 25 heavy (non-hydrogen) atoms. The number of nitrogens with one attached hydrogen (secondary N) is 1. The Balaban J connectivity index is 1.67. The molecule has 7 heteroatoms. The van der Waals surface area contributed by atoms with Gasteiger partial charge in [0, 0.05) is 5.92 Å². The Hall–Kier alpha value is -0.480. The second kappa shape index (κ2) is 10.0. The molecule has 1 atom stereocenters. The topological polar surface area (TPSA) is 69.6 Å². The lowest BCUT2D eigenvalue weighted by Gasteiger charge is -2.20. The van der Waals surface area contributed by atoms with Crippen molar-refractivity contribution in [1.29, 1.82) is 0 Å². The largest absolute Gasteiger partial charge is 0.310 e. The highest BCUT2D eigenvalue weighted by Gasteiger charge is 2.38. The highest BCUT2D eigenvalue weighted by Crippen LogP contribution is 2.52. The molecule has 0 aromatic heterocycles. The summed E-state index contributed by atoms with van der Waals surface area (Å²) in [6.07, 6.45) is 7.97. The lowest BCUT2D eigenvalue weighted by atomic mass is 9.96. The van der Waals surface area contributed by atoms with Crippen molar-refractivity contribution in [3.8, 4) is 0 Å². The van der Waals surface area contributed by atoms with Gasteiger partial charge in [-0.25, -0.2) is 9.79 Å². The van der Waals surface area contributed by atoms with E-state index in [-0.39, 0.29) is 24.4 Å². The Labute approximate surface area is 159 Å². The third-order valence-corrected chi connectivity index (χ3v) is 6.95. The first-order valence-electron chi connectivity index (χ1n) is 8.49. The number of ketones is 1. The molecule has 138 valence electrons. The molecule has 1 unspecified atom stereocenters. The van der Waals surface area contributed by atoms with Crippen LogP contribution in [0, 0.1) is 5.92 Å². The number of halogens is 2. The third-order valence-electron chi connectivity index (χ3n) is 4.25. The van der Waals surface area contributed by atoms with E-state index in [9.17, 15) is 14.6 Å². The Morgan fingerprint density at radius 1 is 1.24 bits per heavy atom. The molecule has 0 amide bonds. The summed E-state index contributed by atoms with van der Waals surface area (Å²) in [6.45, 7) is 0.758. The molecular formula is C18H25Cl2NO3P+. The van der Waals surface area contributed by atoms with Gasteiger partial charge in [0.05, 0.1) is 16.6 Å². The molecule has 2 rings (SSSR count). The van der Waals surface area contributed by atoms with Gasteiger partial charge in [-0.1, -0.05) is 41.4 Å². The Morgan fingerprint density at radius 3 is 2.72 bits per heavy atom. The van der Waals surface area contributed by atoms with E-state index >= 15 is 0 Å². The van der Waals surface area contributed by atoms with Crippen LogP contribution in [-0.4, -0.2) is 41.0 Å². The van der Waals surface area contributed by atoms with E-state index in [4.69, 9.17) is 23.2 Å². The summed E-state index contributed by atoms with van der Waals surface area (Å²) < 4.78 is 0. The monoisotopic (exact) mass is 404 g/mol. The summed E-state index contributed by atoms with van der Waals surface area (Å²) in [7, 11) is -3.14. The minimum Gasteiger partial charge on any atom is -0.310 e. The first kappa shape index (κ1) is 20.8. The van der Waals surface area contributed by atoms with Crippen LogP contribution < -0.4 is 5.32 Å². The summed E-state index contributed by atoms with van der Waals surface area (Å²) in [6, 6.07) is 5.46. The number of hydrogen-bond donors (Lipinski definition) is 3. The summed E-state index contributed by atoms with van der Waals surface area (Å²) in [4.78, 5) is 32.4. The van der Waals surface area contributed by atoms with Gasteiger partial charge >= 0.3 is 0 Å². The fourth-order valence-corrected chi connectivity index (χ4v) is 5.28. The average molecular weight is 405 g/mol. The number of rotatable bonds is 9. The SMILES string of the molecule is O=C(CNCCc1ccc(Cl)c(Cl)c1)C[P+](O)(O)CC1CC=CCC1. The standard InChI is InChI=1S/C18H25Cl2NO3P/c19-17-7-6-14(10-18(17)20)8-9-21-11-16(22)13-25(23,24)12-15-4-2-1-3-5-15/h1-2,6-7,10,15,21,23-24H,3-5,8-9,11-13H2/q+1. The molecule has 4 nitrogen and oxygen atoms in total. The van der Waals surface area contributed by atoms with Gasteiger partial charge in [-0.15, -0.1) is 0 Å². The first-order valence-corrected chi connectivity index (χ1v) is 11.3. The number of hydrogen-bond acceptors (Lipinski definition) is 4. The van der Waals surface area contributed by atoms with Crippen LogP contribution >= 0.6 is 30.9 Å². The van der Waals surface area contributed by atoms with Crippen molar-refractivity contribution in [2.24, 2.45) is 5.92 Å². The van der Waals surface area contributed by atoms with Crippen molar-refractivity contribution in [3.63, 3.8) is 0 Å². The second-order valence-electron chi connectivity index (χ2n) is 6.58. The quantitative estimate of drug-likeness (QED) is 0.331. The van der Waals surface area contributed by atoms with Gasteiger partial charge in [-0.05, 0) is 49.9 Å². The van der Waals surface area contributed by atoms with Crippen LogP contribution in [0.1, 0.15) is 24.8 Å². The van der Waals surface area contributed by atoms with Crippen molar-refractivity contribution in [3.05, 3.63) is 46.0 Å². The zero-order valence-electron chi connectivity index (χ0n) is 14.1. The molecule has 0 spiro atoms. The highest BCUT2D eigenvalue weighted by atomic mass is 35.5. The van der Waals surface area contributed by atoms with E-state index in [1.165, 1.54) is 0 Å². The molecule has 0 heterocycles. The zero-order valence-corrected chi connectivity index (χ0v) is 16.5. The predicted molar refractivity (Wildman–Crippen MR) is 106 cm³/mol. The van der Waals surface area contributed by atoms with Crippen molar-refractivity contribution < 1.29 is 14.6 Å². The highest BCUT2D eigenvalue weighted by molar-refractivity contribution is 7.65. The molecule has 1 aromatic carbocycles. The molecule has 0 radical (unpaired) electrons. The third kappa shape index (κ3) is 7.74. The smallest absolute Gasteiger partial charge is 0.275 e. The number of Topliss-reactive ketones (excluding diaryl/α,β-unsaturated/α-hetero) is 1. The zero-order chi connectivity index (χ0) is 18.3. The van der Waals surface area contributed by atoms with E-state index in [0.717, 1.165) is 31.2 Å². The Bertz CT molecular complexity index is 622. The molecule has 0 saturated carbocycles. The molecular weight excluding hydrogens is 380 g/mol. The van der Waals surface area contributed by atoms with Crippen molar-refractivity contribution in [2.45, 2.75) is 25.7 Å². The van der Waals surface area contributed by atoms with Gasteiger partial charge in [-0.3, -0.25) is 4.79 Å². The molecule has 0 aliphatic heterocycles. The van der Waals surface area contributed by atoms with E-state index in [1.807, 2.05) is 12.1 Å². The number of carbonyl (C=O) groups is 1. The number of benzene rings is 1. The average Bonchev–Trinajstić information content (AvgIpc) is 2.55. The molecule has 1 aliphatic rings. The maximum Gasteiger partial charge on any atom is 0.275 e. The van der Waals surface area contributed by atoms with Crippen LogP contribution in [0.4, 0.5) is 0 Å². The summed E-state index contributed by atoms with van der Waals surface area (Å²) >= 11 is 11.8. The van der Waals surface area contributed by atoms with Crippen molar-refractivity contribution in [1.82, 2.24) is 5.32 Å². The van der Waals surface area contributed by atoms with Crippen LogP contribution in [0.5, 0.6) is 0 Å². The van der Waals surface area contributed by atoms with Gasteiger partial charge < -0.3 is 5.32 Å². The van der Waals surface area contributed by atoms with Gasteiger partial charge in [-0.2, -0.15) is 0 Å². The van der Waals surface area contributed by atoms with Crippen LogP contribution in [-0.2, 0) is 11.2 Å². The van der Waals surface area contributed by atoms with Gasteiger partial charge in [0.2, 0.25) is 0 Å². The van der Waals surface area contributed by atoms with Gasteiger partial charge in [0.25, 0.3) is 7.72 Å². The molecule has 3 N–H and O–H groups in total. The number of carbonyl (C=O) groups excluding carboxylic acids is 1. The van der Waals surface area contributed by atoms with E-state index in [2.05, 4.69) is 17.5 Å². The maximum atomic E-state index is 12.0. The predicted octanol–water partition coefficient (Wildman–Crippen LogP) is 3.88. The van der Waals surface area contributed by atoms with Gasteiger partial charge in [0.1, 0.15) is 6.16 Å². The minimum absolute atomic E-state index is 0.132. The molecule has 1 aliphatic carbocycles. The maximum absolute atomic E-state index is 12.0. The summed E-state index contributed by atoms with van der Waals surface area (Å²) in [5.74, 6) is 0.127. The summed E-state index contributed by atoms with van der Waals surface area (Å²) in [5, 5.41) is 4.09. The molecule has 0 fully saturated rings. The van der Waals surface area contributed by atoms with Crippen molar-refractivity contribution in [2.75, 3.05) is 25.4 Å². The Kier molecular flexibility index (Phi) is 8.34. The molecule has 0 saturated heterocycles. The fourth-order valence-electron chi connectivity index (χ4n) is 2.99. The lowest BCUT2D eigenvalue weighted by Crippen LogP contribution is -2.28.